The molecule has 0 aliphatic heterocycles. The summed E-state index contributed by atoms with van der Waals surface area (Å²) < 4.78 is 145. The monoisotopic (exact) mass is 458 g/mol. The molecule has 1 N–H and O–H groups in total. The number of alkyl halides is 13. The van der Waals surface area contributed by atoms with Crippen molar-refractivity contribution in [3.8, 4) is 0 Å². The van der Waals surface area contributed by atoms with Gasteiger partial charge in [0.05, 0.1) is 0 Å². The van der Waals surface area contributed by atoms with Gasteiger partial charge in [0.25, 0.3) is 0 Å². The number of hydrogen-bond donors (Lipinski definition) is 1. The van der Waals surface area contributed by atoms with Gasteiger partial charge < -0.3 is 5.11 Å². The molecule has 0 fully saturated rings. The Hall–Kier alpha value is -0.150. The fourth-order valence-electron chi connectivity index (χ4n) is 0.901. The van der Waals surface area contributed by atoms with Crippen molar-refractivity contribution >= 4 is 22.6 Å². The highest BCUT2D eigenvalue weighted by Crippen LogP contribution is 2.60. The third-order valence-corrected chi connectivity index (χ3v) is 2.87. The van der Waals surface area contributed by atoms with Crippen LogP contribution in [0.2, 0.25) is 0 Å². The lowest BCUT2D eigenvalue weighted by atomic mass is 9.95. The summed E-state index contributed by atoms with van der Waals surface area (Å²) in [5.41, 5.74) is 0. The van der Waals surface area contributed by atoms with Gasteiger partial charge in [0.1, 0.15) is 6.61 Å². The molecule has 0 amide bonds. The van der Waals surface area contributed by atoms with E-state index in [1.165, 1.54) is 0 Å². The summed E-state index contributed by atoms with van der Waals surface area (Å²) in [7, 11) is 0. The van der Waals surface area contributed by atoms with Crippen molar-refractivity contribution in [2.45, 2.75) is 33.5 Å². The van der Waals surface area contributed by atoms with Crippen LogP contribution in [0, 0.1) is 0 Å². The SMILES string of the molecule is OCC(F)(F)C(F)(F)C(F)(F)C(F)(F)C(F)(F)C(F)(F)I. The Morgan fingerprint density at radius 3 is 1.10 bits per heavy atom. The van der Waals surface area contributed by atoms with Gasteiger partial charge in [-0.25, -0.2) is 0 Å². The molecule has 0 heterocycles. The first-order valence-corrected chi connectivity index (χ1v) is 5.46. The van der Waals surface area contributed by atoms with Gasteiger partial charge >= 0.3 is 33.5 Å². The summed E-state index contributed by atoms with van der Waals surface area (Å²) in [4.78, 5) is 0. The molecule has 128 valence electrons. The Balaban J connectivity index is 6.14. The van der Waals surface area contributed by atoms with Crippen molar-refractivity contribution in [2.75, 3.05) is 6.61 Å². The Kier molecular flexibility index (Phi) is 5.16. The maximum Gasteiger partial charge on any atom is 0.387 e. The molecule has 0 saturated carbocycles. The van der Waals surface area contributed by atoms with Gasteiger partial charge in [0.15, 0.2) is 0 Å². The fourth-order valence-corrected chi connectivity index (χ4v) is 1.24. The molecular weight excluding hydrogens is 455 g/mol. The van der Waals surface area contributed by atoms with E-state index in [1.807, 2.05) is 0 Å². The van der Waals surface area contributed by atoms with Gasteiger partial charge in [-0.1, -0.05) is 0 Å². The molecule has 0 radical (unpaired) electrons. The minimum absolute atomic E-state index is 0.735. The first-order valence-electron chi connectivity index (χ1n) is 4.38. The highest BCUT2D eigenvalue weighted by Gasteiger charge is 2.89. The Bertz CT molecular complexity index is 386. The van der Waals surface area contributed by atoms with Crippen molar-refractivity contribution in [3.63, 3.8) is 0 Å². The van der Waals surface area contributed by atoms with Crippen molar-refractivity contribution in [2.24, 2.45) is 0 Å². The van der Waals surface area contributed by atoms with Crippen molar-refractivity contribution in [1.29, 1.82) is 0 Å². The highest BCUT2D eigenvalue weighted by atomic mass is 127. The molecule has 1 nitrogen and oxygen atoms in total. The quantitative estimate of drug-likeness (QED) is 0.360. The van der Waals surface area contributed by atoms with Gasteiger partial charge in [0.2, 0.25) is 0 Å². The standard InChI is InChI=1S/C7H3F12IO/c8-2(9,1-21)3(10,11)4(12,13)5(14,15)6(16,17)7(18,19)20/h21H,1H2. The second-order valence-corrected chi connectivity index (χ2v) is 5.01. The molecule has 0 atom stereocenters. The molecule has 0 rings (SSSR count). The molecular formula is C7H3F12IO. The summed E-state index contributed by atoms with van der Waals surface area (Å²) in [5.74, 6) is -35.7. The number of rotatable bonds is 6. The Morgan fingerprint density at radius 1 is 0.571 bits per heavy atom. The molecule has 0 unspecified atom stereocenters. The van der Waals surface area contributed by atoms with Crippen LogP contribution in [0.4, 0.5) is 52.7 Å². The smallest absolute Gasteiger partial charge is 0.387 e. The molecule has 0 bridgehead atoms. The maximum absolute atomic E-state index is 12.8. The molecule has 0 aliphatic carbocycles. The fraction of sp³-hybridized carbons (Fsp3) is 1.00. The Morgan fingerprint density at radius 2 is 0.857 bits per heavy atom. The van der Waals surface area contributed by atoms with E-state index in [1.54, 1.807) is 0 Å². The van der Waals surface area contributed by atoms with Gasteiger partial charge in [0, 0.05) is 22.6 Å². The lowest BCUT2D eigenvalue weighted by Gasteiger charge is -2.39. The van der Waals surface area contributed by atoms with E-state index in [-0.39, 0.29) is 0 Å². The van der Waals surface area contributed by atoms with E-state index >= 15 is 0 Å². The average Bonchev–Trinajstić information content (AvgIpc) is 2.26. The first kappa shape index (κ1) is 20.9. The normalized spacial score (nSPS) is 16.3. The molecule has 14 heteroatoms. The van der Waals surface area contributed by atoms with Crippen LogP contribution in [-0.4, -0.2) is 45.3 Å². The zero-order valence-corrected chi connectivity index (χ0v) is 11.2. The van der Waals surface area contributed by atoms with Crippen LogP contribution in [0.3, 0.4) is 0 Å². The number of halogens is 13. The molecule has 0 spiro atoms. The van der Waals surface area contributed by atoms with Crippen molar-refractivity contribution in [3.05, 3.63) is 0 Å². The molecule has 0 aliphatic rings. The molecule has 21 heavy (non-hydrogen) atoms. The van der Waals surface area contributed by atoms with Gasteiger partial charge in [-0.3, -0.25) is 0 Å². The minimum Gasteiger partial charge on any atom is -0.390 e. The molecule has 0 saturated heterocycles. The van der Waals surface area contributed by atoms with Crippen LogP contribution < -0.4 is 0 Å². The molecule has 0 aromatic carbocycles. The van der Waals surface area contributed by atoms with Crippen LogP contribution in [0.1, 0.15) is 0 Å². The second kappa shape index (κ2) is 5.19. The number of hydrogen-bond acceptors (Lipinski definition) is 1. The molecule has 0 aromatic rings. The van der Waals surface area contributed by atoms with Crippen LogP contribution in [0.25, 0.3) is 0 Å². The predicted molar refractivity (Wildman–Crippen MR) is 50.8 cm³/mol. The van der Waals surface area contributed by atoms with E-state index in [0.717, 1.165) is 0 Å². The summed E-state index contributed by atoms with van der Waals surface area (Å²) in [6.07, 6.45) is 0. The third-order valence-electron chi connectivity index (χ3n) is 2.20. The largest absolute Gasteiger partial charge is 0.390 e. The molecule has 0 aromatic heterocycles. The minimum atomic E-state index is -7.59. The summed E-state index contributed by atoms with van der Waals surface area (Å²) in [6.45, 7) is -3.11. The summed E-state index contributed by atoms with van der Waals surface area (Å²) >= 11 is -0.735. The van der Waals surface area contributed by atoms with E-state index in [0.29, 0.717) is 0 Å². The van der Waals surface area contributed by atoms with E-state index < -0.39 is 62.7 Å². The van der Waals surface area contributed by atoms with Crippen LogP contribution >= 0.6 is 22.6 Å². The van der Waals surface area contributed by atoms with Crippen LogP contribution in [0.15, 0.2) is 0 Å². The third kappa shape index (κ3) is 2.76. The first-order chi connectivity index (χ1) is 8.81. The lowest BCUT2D eigenvalue weighted by molar-refractivity contribution is -0.416. The summed E-state index contributed by atoms with van der Waals surface area (Å²) in [6, 6.07) is 0. The topological polar surface area (TPSA) is 20.2 Å². The van der Waals surface area contributed by atoms with Gasteiger partial charge in [-0.2, -0.15) is 52.7 Å². The predicted octanol–water partition coefficient (Wildman–Crippen LogP) is 4.18. The average molecular weight is 458 g/mol. The van der Waals surface area contributed by atoms with Crippen LogP contribution in [0.5, 0.6) is 0 Å². The summed E-state index contributed by atoms with van der Waals surface area (Å²) in [5, 5.41) is 7.78. The zero-order valence-electron chi connectivity index (χ0n) is 9.07. The van der Waals surface area contributed by atoms with Gasteiger partial charge in [-0.05, 0) is 0 Å². The van der Waals surface area contributed by atoms with Crippen molar-refractivity contribution in [1.82, 2.24) is 0 Å². The number of aliphatic hydroxyl groups excluding tert-OH is 1. The second-order valence-electron chi connectivity index (χ2n) is 3.66. The van der Waals surface area contributed by atoms with E-state index in [4.69, 9.17) is 5.11 Å². The van der Waals surface area contributed by atoms with Crippen molar-refractivity contribution < 1.29 is 57.8 Å². The zero-order chi connectivity index (χ0) is 17.7. The van der Waals surface area contributed by atoms with Gasteiger partial charge in [-0.15, -0.1) is 0 Å². The van der Waals surface area contributed by atoms with Crippen LogP contribution in [-0.2, 0) is 0 Å². The number of aliphatic hydroxyl groups is 1. The Labute approximate surface area is 121 Å². The van der Waals surface area contributed by atoms with E-state index in [2.05, 4.69) is 0 Å². The van der Waals surface area contributed by atoms with E-state index in [9.17, 15) is 52.7 Å². The lowest BCUT2D eigenvalue weighted by Crippen LogP contribution is -2.70. The highest BCUT2D eigenvalue weighted by molar-refractivity contribution is 14.1. The maximum atomic E-state index is 12.8.